The van der Waals surface area contributed by atoms with Crippen molar-refractivity contribution in [3.63, 3.8) is 0 Å². The second-order valence-corrected chi connectivity index (χ2v) is 7.33. The fourth-order valence-electron chi connectivity index (χ4n) is 3.69. The highest BCUT2D eigenvalue weighted by Crippen LogP contribution is 2.32. The molecule has 0 atom stereocenters. The van der Waals surface area contributed by atoms with E-state index in [0.29, 0.717) is 48.3 Å². The molecule has 1 amide bonds. The molecule has 4 rings (SSSR count). The van der Waals surface area contributed by atoms with Crippen LogP contribution < -0.4 is 14.4 Å². The molecule has 1 aromatic heterocycles. The number of anilines is 1. The van der Waals surface area contributed by atoms with Crippen LogP contribution in [-0.4, -0.2) is 60.8 Å². The topological polar surface area (TPSA) is 59.8 Å². The number of carbonyl (C=O) groups excluding carboxylic acids is 1. The summed E-state index contributed by atoms with van der Waals surface area (Å²) >= 11 is 6.15. The van der Waals surface area contributed by atoms with Crippen molar-refractivity contribution in [1.29, 1.82) is 0 Å². The standard InChI is InChI=1S/C22H23ClN4O3.ClH/c1-29-19-8-4-7-18(20(19)30-2)21(28)25-11-13-26(14-12-25)22-24-9-10-27(22)17-6-3-5-16(23)15-17;/h3-10,15H,11-14H2,1-2H3;1H. The fourth-order valence-corrected chi connectivity index (χ4v) is 3.88. The van der Waals surface area contributed by atoms with Gasteiger partial charge in [-0.05, 0) is 30.3 Å². The lowest BCUT2D eigenvalue weighted by Crippen LogP contribution is -2.49. The van der Waals surface area contributed by atoms with Crippen LogP contribution in [-0.2, 0) is 0 Å². The lowest BCUT2D eigenvalue weighted by Gasteiger charge is -2.35. The van der Waals surface area contributed by atoms with E-state index in [2.05, 4.69) is 9.88 Å². The number of amides is 1. The molecule has 0 saturated carbocycles. The molecule has 9 heteroatoms. The Morgan fingerprint density at radius 2 is 1.77 bits per heavy atom. The third-order valence-corrected chi connectivity index (χ3v) is 5.43. The first-order chi connectivity index (χ1) is 14.6. The lowest BCUT2D eigenvalue weighted by molar-refractivity contribution is 0.0742. The van der Waals surface area contributed by atoms with Crippen molar-refractivity contribution in [1.82, 2.24) is 14.5 Å². The first-order valence-corrected chi connectivity index (χ1v) is 10.0. The number of imidazole rings is 1. The fraction of sp³-hybridized carbons (Fsp3) is 0.273. The van der Waals surface area contributed by atoms with Crippen molar-refractivity contribution >= 4 is 35.9 Å². The van der Waals surface area contributed by atoms with E-state index >= 15 is 0 Å². The van der Waals surface area contributed by atoms with Crippen LogP contribution in [0.5, 0.6) is 11.5 Å². The Hall–Kier alpha value is -2.90. The van der Waals surface area contributed by atoms with Crippen molar-refractivity contribution in [2.45, 2.75) is 0 Å². The van der Waals surface area contributed by atoms with Crippen molar-refractivity contribution in [2.75, 3.05) is 45.3 Å². The Labute approximate surface area is 192 Å². The smallest absolute Gasteiger partial charge is 0.257 e. The highest BCUT2D eigenvalue weighted by molar-refractivity contribution is 6.30. The van der Waals surface area contributed by atoms with E-state index in [1.165, 1.54) is 0 Å². The van der Waals surface area contributed by atoms with Gasteiger partial charge in [0.2, 0.25) is 5.95 Å². The van der Waals surface area contributed by atoms with Gasteiger partial charge in [-0.25, -0.2) is 4.98 Å². The summed E-state index contributed by atoms with van der Waals surface area (Å²) in [4.78, 5) is 21.6. The highest BCUT2D eigenvalue weighted by atomic mass is 35.5. The zero-order valence-electron chi connectivity index (χ0n) is 17.3. The minimum atomic E-state index is -0.0661. The minimum absolute atomic E-state index is 0. The largest absolute Gasteiger partial charge is 0.493 e. The van der Waals surface area contributed by atoms with Crippen molar-refractivity contribution in [3.8, 4) is 17.2 Å². The Morgan fingerprint density at radius 1 is 1.03 bits per heavy atom. The third-order valence-electron chi connectivity index (χ3n) is 5.19. The predicted octanol–water partition coefficient (Wildman–Crippen LogP) is 3.93. The molecule has 1 saturated heterocycles. The molecule has 1 fully saturated rings. The van der Waals surface area contributed by atoms with Gasteiger partial charge < -0.3 is 19.3 Å². The van der Waals surface area contributed by atoms with Gasteiger partial charge in [0, 0.05) is 49.3 Å². The molecule has 0 radical (unpaired) electrons. The third kappa shape index (κ3) is 4.57. The minimum Gasteiger partial charge on any atom is -0.493 e. The monoisotopic (exact) mass is 462 g/mol. The summed E-state index contributed by atoms with van der Waals surface area (Å²) in [5.41, 5.74) is 1.46. The number of nitrogens with zero attached hydrogens (tertiary/aromatic N) is 4. The number of carbonyl (C=O) groups is 1. The van der Waals surface area contributed by atoms with Crippen LogP contribution in [0.4, 0.5) is 5.95 Å². The maximum Gasteiger partial charge on any atom is 0.257 e. The van der Waals surface area contributed by atoms with Crippen molar-refractivity contribution in [2.24, 2.45) is 0 Å². The van der Waals surface area contributed by atoms with E-state index in [0.717, 1.165) is 11.6 Å². The van der Waals surface area contributed by atoms with E-state index in [1.54, 1.807) is 38.6 Å². The maximum atomic E-state index is 13.1. The first-order valence-electron chi connectivity index (χ1n) is 9.67. The second-order valence-electron chi connectivity index (χ2n) is 6.90. The molecule has 1 aliphatic rings. The van der Waals surface area contributed by atoms with E-state index in [4.69, 9.17) is 21.1 Å². The summed E-state index contributed by atoms with van der Waals surface area (Å²) in [6.45, 7) is 2.52. The molecule has 0 N–H and O–H groups in total. The van der Waals surface area contributed by atoms with Gasteiger partial charge in [-0.2, -0.15) is 0 Å². The average Bonchev–Trinajstić information content (AvgIpc) is 3.28. The molecular weight excluding hydrogens is 439 g/mol. The van der Waals surface area contributed by atoms with Crippen LogP contribution in [0.3, 0.4) is 0 Å². The van der Waals surface area contributed by atoms with Crippen LogP contribution in [0, 0.1) is 0 Å². The van der Waals surface area contributed by atoms with Crippen LogP contribution in [0.1, 0.15) is 10.4 Å². The predicted molar refractivity (Wildman–Crippen MR) is 123 cm³/mol. The number of methoxy groups -OCH3 is 2. The number of rotatable bonds is 5. The van der Waals surface area contributed by atoms with Gasteiger partial charge in [0.25, 0.3) is 5.91 Å². The lowest BCUT2D eigenvalue weighted by atomic mass is 10.1. The summed E-state index contributed by atoms with van der Waals surface area (Å²) in [7, 11) is 3.11. The number of halogens is 2. The van der Waals surface area contributed by atoms with Gasteiger partial charge in [-0.3, -0.25) is 9.36 Å². The quantitative estimate of drug-likeness (QED) is 0.574. The van der Waals surface area contributed by atoms with E-state index < -0.39 is 0 Å². The molecule has 164 valence electrons. The van der Waals surface area contributed by atoms with E-state index in [1.807, 2.05) is 39.9 Å². The number of ether oxygens (including phenoxy) is 2. The maximum absolute atomic E-state index is 13.1. The van der Waals surface area contributed by atoms with Crippen molar-refractivity contribution in [3.05, 3.63) is 65.4 Å². The Bertz CT molecular complexity index is 1050. The Morgan fingerprint density at radius 3 is 2.45 bits per heavy atom. The zero-order chi connectivity index (χ0) is 21.1. The highest BCUT2D eigenvalue weighted by Gasteiger charge is 2.27. The number of piperazine rings is 1. The normalized spacial score (nSPS) is 13.5. The van der Waals surface area contributed by atoms with Crippen molar-refractivity contribution < 1.29 is 14.3 Å². The first kappa shape index (κ1) is 22.8. The second kappa shape index (κ2) is 9.94. The molecule has 3 aromatic rings. The molecule has 2 aromatic carbocycles. The SMILES string of the molecule is COc1cccc(C(=O)N2CCN(c3nccn3-c3cccc(Cl)c3)CC2)c1OC.Cl. The molecule has 0 spiro atoms. The molecule has 0 bridgehead atoms. The number of aromatic nitrogens is 2. The molecule has 2 heterocycles. The summed E-state index contributed by atoms with van der Waals surface area (Å²) < 4.78 is 12.8. The van der Waals surface area contributed by atoms with Gasteiger partial charge in [0.05, 0.1) is 19.8 Å². The van der Waals surface area contributed by atoms with Gasteiger partial charge in [-0.15, -0.1) is 12.4 Å². The summed E-state index contributed by atoms with van der Waals surface area (Å²) in [5.74, 6) is 1.78. The molecule has 0 unspecified atom stereocenters. The summed E-state index contributed by atoms with van der Waals surface area (Å²) in [5, 5.41) is 0.676. The zero-order valence-corrected chi connectivity index (χ0v) is 18.9. The molecular formula is C22H24Cl2N4O3. The van der Waals surface area contributed by atoms with Gasteiger partial charge >= 0.3 is 0 Å². The van der Waals surface area contributed by atoms with Crippen LogP contribution in [0.2, 0.25) is 5.02 Å². The van der Waals surface area contributed by atoms with Gasteiger partial charge in [0.15, 0.2) is 11.5 Å². The van der Waals surface area contributed by atoms with Crippen LogP contribution in [0.25, 0.3) is 5.69 Å². The molecule has 7 nitrogen and oxygen atoms in total. The van der Waals surface area contributed by atoms with Gasteiger partial charge in [0.1, 0.15) is 0 Å². The van der Waals surface area contributed by atoms with Crippen LogP contribution >= 0.6 is 24.0 Å². The number of hydrogen-bond donors (Lipinski definition) is 0. The number of benzene rings is 2. The number of para-hydroxylation sites is 1. The molecule has 1 aliphatic heterocycles. The summed E-state index contributed by atoms with van der Waals surface area (Å²) in [6.07, 6.45) is 3.69. The van der Waals surface area contributed by atoms with Gasteiger partial charge in [-0.1, -0.05) is 23.7 Å². The average molecular weight is 463 g/mol. The van der Waals surface area contributed by atoms with E-state index in [-0.39, 0.29) is 18.3 Å². The molecule has 0 aliphatic carbocycles. The Balaban J connectivity index is 0.00000272. The molecule has 31 heavy (non-hydrogen) atoms. The number of hydrogen-bond acceptors (Lipinski definition) is 5. The van der Waals surface area contributed by atoms with Crippen LogP contribution in [0.15, 0.2) is 54.9 Å². The Kier molecular flexibility index (Phi) is 7.30. The van der Waals surface area contributed by atoms with E-state index in [9.17, 15) is 4.79 Å². The summed E-state index contributed by atoms with van der Waals surface area (Å²) in [6, 6.07) is 13.0.